The Morgan fingerprint density at radius 2 is 1.91 bits per heavy atom. The van der Waals surface area contributed by atoms with E-state index in [2.05, 4.69) is 5.10 Å². The molecule has 0 saturated carbocycles. The molecule has 9 heteroatoms. The van der Waals surface area contributed by atoms with Crippen LogP contribution in [0.1, 0.15) is 42.2 Å². The summed E-state index contributed by atoms with van der Waals surface area (Å²) < 4.78 is 16.2. The lowest BCUT2D eigenvalue weighted by atomic mass is 9.80. The smallest absolute Gasteiger partial charge is 0.311 e. The van der Waals surface area contributed by atoms with Crippen LogP contribution >= 0.6 is 0 Å². The third-order valence-electron chi connectivity index (χ3n) is 5.92. The van der Waals surface area contributed by atoms with E-state index in [0.29, 0.717) is 18.8 Å². The summed E-state index contributed by atoms with van der Waals surface area (Å²) >= 11 is 0. The molecule has 1 saturated heterocycles. The molecule has 168 valence electrons. The van der Waals surface area contributed by atoms with Gasteiger partial charge < -0.3 is 14.2 Å². The quantitative estimate of drug-likeness (QED) is 0.516. The molecule has 2 atom stereocenters. The lowest BCUT2D eigenvalue weighted by Crippen LogP contribution is -2.41. The molecule has 0 unspecified atom stereocenters. The van der Waals surface area contributed by atoms with E-state index in [9.17, 15) is 14.9 Å². The number of benzene rings is 2. The fraction of sp³-hybridized carbons (Fsp3) is 0.391. The number of hydrazone groups is 1. The van der Waals surface area contributed by atoms with Gasteiger partial charge in [0.25, 0.3) is 5.91 Å². The highest BCUT2D eigenvalue weighted by molar-refractivity contribution is 6.00. The summed E-state index contributed by atoms with van der Waals surface area (Å²) in [5, 5.41) is 17.5. The fourth-order valence-electron chi connectivity index (χ4n) is 4.29. The molecule has 2 aromatic carbocycles. The van der Waals surface area contributed by atoms with Crippen molar-refractivity contribution in [3.63, 3.8) is 0 Å². The standard InChI is InChI=1S/C23H25N3O6/c1-23(2)12-17-18(13-32-23)24-25(21(17)14-5-8-16(30-3)9-6-14)22(27)15-7-10-20(31-4)19(11-15)26(28)29/h5-11,17,21H,12-13H2,1-4H3/t17-,21+/m0/s1. The number of ether oxygens (including phenoxy) is 3. The van der Waals surface area contributed by atoms with Gasteiger partial charge in [0.15, 0.2) is 5.75 Å². The Morgan fingerprint density at radius 1 is 1.19 bits per heavy atom. The van der Waals surface area contributed by atoms with Crippen molar-refractivity contribution in [3.05, 3.63) is 63.7 Å². The van der Waals surface area contributed by atoms with E-state index in [-0.39, 0.29) is 34.6 Å². The molecule has 0 aliphatic carbocycles. The van der Waals surface area contributed by atoms with Crippen LogP contribution < -0.4 is 9.47 Å². The summed E-state index contributed by atoms with van der Waals surface area (Å²) in [6.07, 6.45) is 0.690. The van der Waals surface area contributed by atoms with Gasteiger partial charge in [-0.3, -0.25) is 14.9 Å². The first kappa shape index (κ1) is 21.8. The number of methoxy groups -OCH3 is 2. The van der Waals surface area contributed by atoms with Gasteiger partial charge in [0.05, 0.1) is 43.1 Å². The Labute approximate surface area is 185 Å². The van der Waals surface area contributed by atoms with Crippen molar-refractivity contribution < 1.29 is 23.9 Å². The third-order valence-corrected chi connectivity index (χ3v) is 5.92. The van der Waals surface area contributed by atoms with Crippen LogP contribution in [-0.2, 0) is 4.74 Å². The van der Waals surface area contributed by atoms with Gasteiger partial charge in [-0.15, -0.1) is 0 Å². The van der Waals surface area contributed by atoms with Crippen LogP contribution in [0.25, 0.3) is 0 Å². The zero-order valence-electron chi connectivity index (χ0n) is 18.4. The van der Waals surface area contributed by atoms with Crippen LogP contribution in [0, 0.1) is 16.0 Å². The summed E-state index contributed by atoms with van der Waals surface area (Å²) in [6, 6.07) is 11.3. The number of carbonyl (C=O) groups is 1. The van der Waals surface area contributed by atoms with Crippen LogP contribution in [0.2, 0.25) is 0 Å². The summed E-state index contributed by atoms with van der Waals surface area (Å²) in [5.74, 6) is 0.360. The molecule has 0 aromatic heterocycles. The van der Waals surface area contributed by atoms with Crippen LogP contribution in [0.4, 0.5) is 5.69 Å². The number of rotatable bonds is 5. The molecule has 2 aromatic rings. The highest BCUT2D eigenvalue weighted by Gasteiger charge is 2.47. The molecule has 2 aliphatic heterocycles. The number of carbonyl (C=O) groups excluding carboxylic acids is 1. The number of nitro benzene ring substituents is 1. The topological polar surface area (TPSA) is 104 Å². The Morgan fingerprint density at radius 3 is 2.53 bits per heavy atom. The van der Waals surface area contributed by atoms with E-state index in [1.54, 1.807) is 7.11 Å². The van der Waals surface area contributed by atoms with Crippen molar-refractivity contribution >= 4 is 17.3 Å². The van der Waals surface area contributed by atoms with E-state index in [4.69, 9.17) is 14.2 Å². The lowest BCUT2D eigenvalue weighted by Gasteiger charge is -2.37. The molecule has 1 fully saturated rings. The molecule has 9 nitrogen and oxygen atoms in total. The van der Waals surface area contributed by atoms with Gasteiger partial charge in [0, 0.05) is 17.5 Å². The number of hydrogen-bond acceptors (Lipinski definition) is 7. The molecule has 0 radical (unpaired) electrons. The van der Waals surface area contributed by atoms with Crippen LogP contribution in [-0.4, -0.2) is 48.0 Å². The van der Waals surface area contributed by atoms with Gasteiger partial charge in [0.1, 0.15) is 5.75 Å². The zero-order valence-corrected chi connectivity index (χ0v) is 18.4. The van der Waals surface area contributed by atoms with E-state index >= 15 is 0 Å². The monoisotopic (exact) mass is 439 g/mol. The Kier molecular flexibility index (Phi) is 5.60. The normalized spacial score (nSPS) is 21.5. The number of nitrogens with zero attached hydrogens (tertiary/aromatic N) is 3. The minimum Gasteiger partial charge on any atom is -0.497 e. The maximum Gasteiger partial charge on any atom is 0.311 e. The van der Waals surface area contributed by atoms with Gasteiger partial charge in [0.2, 0.25) is 0 Å². The van der Waals surface area contributed by atoms with Crippen molar-refractivity contribution in [2.45, 2.75) is 31.9 Å². The maximum atomic E-state index is 13.5. The fourth-order valence-corrected chi connectivity index (χ4v) is 4.29. The molecule has 4 rings (SSSR count). The number of hydrogen-bond donors (Lipinski definition) is 0. The first-order valence-electron chi connectivity index (χ1n) is 10.3. The minimum absolute atomic E-state index is 0.0238. The summed E-state index contributed by atoms with van der Waals surface area (Å²) in [4.78, 5) is 24.4. The summed E-state index contributed by atoms with van der Waals surface area (Å²) in [7, 11) is 2.95. The van der Waals surface area contributed by atoms with Crippen LogP contribution in [0.15, 0.2) is 47.6 Å². The molecule has 1 amide bonds. The molecule has 2 aliphatic rings. The third kappa shape index (κ3) is 3.91. The number of amides is 1. The first-order valence-corrected chi connectivity index (χ1v) is 10.3. The van der Waals surface area contributed by atoms with Crippen LogP contribution in [0.5, 0.6) is 11.5 Å². The molecule has 0 spiro atoms. The predicted molar refractivity (Wildman–Crippen MR) is 117 cm³/mol. The highest BCUT2D eigenvalue weighted by atomic mass is 16.6. The second-order valence-electron chi connectivity index (χ2n) is 8.46. The second-order valence-corrected chi connectivity index (χ2v) is 8.46. The molecule has 0 N–H and O–H groups in total. The van der Waals surface area contributed by atoms with E-state index in [0.717, 1.165) is 11.3 Å². The van der Waals surface area contributed by atoms with Crippen LogP contribution in [0.3, 0.4) is 0 Å². The zero-order chi connectivity index (χ0) is 23.0. The number of nitro groups is 1. The number of fused-ring (bicyclic) bond motifs is 1. The van der Waals surface area contributed by atoms with E-state index in [1.807, 2.05) is 38.1 Å². The minimum atomic E-state index is -0.567. The molecule has 0 bridgehead atoms. The predicted octanol–water partition coefficient (Wildman–Crippen LogP) is 3.98. The van der Waals surface area contributed by atoms with Gasteiger partial charge in [-0.1, -0.05) is 12.1 Å². The van der Waals surface area contributed by atoms with Crippen molar-refractivity contribution in [2.24, 2.45) is 11.0 Å². The van der Waals surface area contributed by atoms with E-state index < -0.39 is 10.8 Å². The molecular formula is C23H25N3O6. The van der Waals surface area contributed by atoms with Gasteiger partial charge in [-0.2, -0.15) is 5.10 Å². The van der Waals surface area contributed by atoms with Crippen molar-refractivity contribution in [1.29, 1.82) is 0 Å². The van der Waals surface area contributed by atoms with E-state index in [1.165, 1.54) is 30.3 Å². The van der Waals surface area contributed by atoms with Gasteiger partial charge >= 0.3 is 5.69 Å². The highest BCUT2D eigenvalue weighted by Crippen LogP contribution is 2.44. The Balaban J connectivity index is 1.75. The average molecular weight is 439 g/mol. The second kappa shape index (κ2) is 8.23. The summed E-state index contributed by atoms with van der Waals surface area (Å²) in [6.45, 7) is 4.37. The Bertz CT molecular complexity index is 1080. The SMILES string of the molecule is COc1ccc([C@@H]2[C@H]3CC(C)(C)OCC3=NN2C(=O)c2ccc(OC)c([N+](=O)[O-])c2)cc1. The van der Waals surface area contributed by atoms with Crippen molar-refractivity contribution in [3.8, 4) is 11.5 Å². The Hall–Kier alpha value is -3.46. The van der Waals surface area contributed by atoms with Crippen molar-refractivity contribution in [1.82, 2.24) is 5.01 Å². The average Bonchev–Trinajstić information content (AvgIpc) is 3.15. The van der Waals surface area contributed by atoms with Gasteiger partial charge in [-0.05, 0) is 50.1 Å². The summed E-state index contributed by atoms with van der Waals surface area (Å²) in [5.41, 5.74) is 1.24. The van der Waals surface area contributed by atoms with Crippen molar-refractivity contribution in [2.75, 3.05) is 20.8 Å². The van der Waals surface area contributed by atoms with Gasteiger partial charge in [-0.25, -0.2) is 5.01 Å². The first-order chi connectivity index (χ1) is 15.2. The molecule has 2 heterocycles. The maximum absolute atomic E-state index is 13.5. The molecular weight excluding hydrogens is 414 g/mol. The lowest BCUT2D eigenvalue weighted by molar-refractivity contribution is -0.385. The molecule has 32 heavy (non-hydrogen) atoms. The largest absolute Gasteiger partial charge is 0.497 e.